The Morgan fingerprint density at radius 2 is 1.83 bits per heavy atom. The zero-order chi connectivity index (χ0) is 14.5. The molecule has 0 saturated heterocycles. The first kappa shape index (κ1) is 16.9. The fraction of sp³-hybridized carbons (Fsp3) is 0.846. The maximum absolute atomic E-state index is 12.1. The van der Waals surface area contributed by atoms with Gasteiger partial charge in [0.05, 0.1) is 0 Å². The summed E-state index contributed by atoms with van der Waals surface area (Å²) in [5.41, 5.74) is 4.46. The van der Waals surface area contributed by atoms with Crippen LogP contribution in [-0.2, 0) is 9.59 Å². The van der Waals surface area contributed by atoms with E-state index in [1.54, 1.807) is 0 Å². The van der Waals surface area contributed by atoms with Crippen molar-refractivity contribution >= 4 is 11.9 Å². The molecular formula is C13H26N2O3. The van der Waals surface area contributed by atoms with E-state index in [-0.39, 0.29) is 11.8 Å². The Balaban J connectivity index is 4.61. The van der Waals surface area contributed by atoms with Gasteiger partial charge >= 0.3 is 5.97 Å². The van der Waals surface area contributed by atoms with Crippen molar-refractivity contribution in [3.05, 3.63) is 0 Å². The van der Waals surface area contributed by atoms with Crippen LogP contribution in [0.25, 0.3) is 0 Å². The quantitative estimate of drug-likeness (QED) is 0.721. The number of rotatable bonds is 7. The minimum Gasteiger partial charge on any atom is -0.480 e. The first-order valence-corrected chi connectivity index (χ1v) is 6.33. The molecular weight excluding hydrogens is 232 g/mol. The molecule has 5 nitrogen and oxygen atoms in total. The third kappa shape index (κ3) is 4.64. The van der Waals surface area contributed by atoms with E-state index in [1.165, 1.54) is 25.8 Å². The number of amides is 1. The van der Waals surface area contributed by atoms with Crippen LogP contribution in [0.3, 0.4) is 0 Å². The van der Waals surface area contributed by atoms with E-state index in [2.05, 4.69) is 13.8 Å². The lowest BCUT2D eigenvalue weighted by molar-refractivity contribution is -0.155. The summed E-state index contributed by atoms with van der Waals surface area (Å²) in [6, 6.07) is 0. The van der Waals surface area contributed by atoms with E-state index in [4.69, 9.17) is 10.8 Å². The SMILES string of the molecule is CC(C)CC(CN)CC(=O)N(C)C(C)(C)C(=O)O. The van der Waals surface area contributed by atoms with E-state index in [0.29, 0.717) is 18.9 Å². The maximum Gasteiger partial charge on any atom is 0.329 e. The average molecular weight is 258 g/mol. The van der Waals surface area contributed by atoms with Crippen LogP contribution in [0.4, 0.5) is 0 Å². The number of nitrogens with zero attached hydrogens (tertiary/aromatic N) is 1. The number of carboxylic acid groups (broad SMARTS) is 1. The van der Waals surface area contributed by atoms with Gasteiger partial charge in [0, 0.05) is 13.5 Å². The van der Waals surface area contributed by atoms with Gasteiger partial charge in [0.2, 0.25) is 5.91 Å². The molecule has 0 aromatic rings. The van der Waals surface area contributed by atoms with Gasteiger partial charge in [-0.15, -0.1) is 0 Å². The molecule has 1 atom stereocenters. The number of nitrogens with two attached hydrogens (primary N) is 1. The molecule has 0 aliphatic heterocycles. The second kappa shape index (κ2) is 6.73. The minimum absolute atomic E-state index is 0.115. The Kier molecular flexibility index (Phi) is 6.32. The number of carboxylic acids is 1. The number of hydrogen-bond donors (Lipinski definition) is 2. The molecule has 0 bridgehead atoms. The molecule has 106 valence electrons. The fourth-order valence-corrected chi connectivity index (χ4v) is 1.77. The topological polar surface area (TPSA) is 83.6 Å². The molecule has 3 N–H and O–H groups in total. The monoisotopic (exact) mass is 258 g/mol. The highest BCUT2D eigenvalue weighted by Crippen LogP contribution is 2.19. The van der Waals surface area contributed by atoms with Crippen LogP contribution in [0.5, 0.6) is 0 Å². The normalized spacial score (nSPS) is 13.5. The molecule has 0 spiro atoms. The summed E-state index contributed by atoms with van der Waals surface area (Å²) in [5.74, 6) is -0.585. The van der Waals surface area contributed by atoms with Crippen molar-refractivity contribution in [1.29, 1.82) is 0 Å². The summed E-state index contributed by atoms with van der Waals surface area (Å²) in [4.78, 5) is 24.4. The fourth-order valence-electron chi connectivity index (χ4n) is 1.77. The number of carbonyl (C=O) groups is 2. The van der Waals surface area contributed by atoms with Crippen molar-refractivity contribution in [2.75, 3.05) is 13.6 Å². The maximum atomic E-state index is 12.1. The van der Waals surface area contributed by atoms with Crippen LogP contribution in [0.2, 0.25) is 0 Å². The molecule has 0 aromatic carbocycles. The summed E-state index contributed by atoms with van der Waals surface area (Å²) >= 11 is 0. The van der Waals surface area contributed by atoms with Gasteiger partial charge in [-0.05, 0) is 38.6 Å². The Labute approximate surface area is 109 Å². The smallest absolute Gasteiger partial charge is 0.329 e. The van der Waals surface area contributed by atoms with Gasteiger partial charge in [-0.1, -0.05) is 13.8 Å². The Morgan fingerprint density at radius 1 is 1.33 bits per heavy atom. The lowest BCUT2D eigenvalue weighted by Crippen LogP contribution is -2.51. The highest BCUT2D eigenvalue weighted by molar-refractivity contribution is 5.86. The van der Waals surface area contributed by atoms with Gasteiger partial charge in [-0.25, -0.2) is 4.79 Å². The van der Waals surface area contributed by atoms with Gasteiger partial charge in [0.25, 0.3) is 0 Å². The van der Waals surface area contributed by atoms with Gasteiger partial charge in [-0.2, -0.15) is 0 Å². The van der Waals surface area contributed by atoms with Gasteiger partial charge in [-0.3, -0.25) is 4.79 Å². The molecule has 0 saturated carbocycles. The summed E-state index contributed by atoms with van der Waals surface area (Å²) < 4.78 is 0. The lowest BCUT2D eigenvalue weighted by Gasteiger charge is -2.32. The predicted octanol–water partition coefficient (Wildman–Crippen LogP) is 1.32. The predicted molar refractivity (Wildman–Crippen MR) is 71.1 cm³/mol. The molecule has 0 aromatic heterocycles. The van der Waals surface area contributed by atoms with Gasteiger partial charge in [0.15, 0.2) is 0 Å². The van der Waals surface area contributed by atoms with Crippen LogP contribution in [0, 0.1) is 11.8 Å². The molecule has 0 heterocycles. The summed E-state index contributed by atoms with van der Waals surface area (Å²) in [6.45, 7) is 7.65. The summed E-state index contributed by atoms with van der Waals surface area (Å²) in [7, 11) is 1.53. The first-order chi connectivity index (χ1) is 8.12. The Hall–Kier alpha value is -1.10. The number of hydrogen-bond acceptors (Lipinski definition) is 3. The number of carbonyl (C=O) groups excluding carboxylic acids is 1. The molecule has 18 heavy (non-hydrogen) atoms. The molecule has 0 fully saturated rings. The zero-order valence-electron chi connectivity index (χ0n) is 12.1. The van der Waals surface area contributed by atoms with Crippen molar-refractivity contribution in [2.45, 2.75) is 46.1 Å². The Morgan fingerprint density at radius 3 is 2.17 bits per heavy atom. The van der Waals surface area contributed by atoms with Gasteiger partial charge in [0.1, 0.15) is 5.54 Å². The summed E-state index contributed by atoms with van der Waals surface area (Å²) in [6.07, 6.45) is 1.19. The third-order valence-electron chi connectivity index (χ3n) is 3.34. The second-order valence-corrected chi connectivity index (χ2v) is 5.75. The summed E-state index contributed by atoms with van der Waals surface area (Å²) in [5, 5.41) is 9.08. The zero-order valence-corrected chi connectivity index (χ0v) is 12.1. The highest BCUT2D eigenvalue weighted by Gasteiger charge is 2.35. The van der Waals surface area contributed by atoms with Crippen molar-refractivity contribution in [3.8, 4) is 0 Å². The lowest BCUT2D eigenvalue weighted by atomic mass is 9.93. The molecule has 0 radical (unpaired) electrons. The van der Waals surface area contributed by atoms with Crippen LogP contribution >= 0.6 is 0 Å². The van der Waals surface area contributed by atoms with Crippen LogP contribution in [0.1, 0.15) is 40.5 Å². The van der Waals surface area contributed by atoms with Crippen LogP contribution in [0.15, 0.2) is 0 Å². The van der Waals surface area contributed by atoms with Gasteiger partial charge < -0.3 is 15.7 Å². The highest BCUT2D eigenvalue weighted by atomic mass is 16.4. The average Bonchev–Trinajstić information content (AvgIpc) is 2.25. The van der Waals surface area contributed by atoms with Crippen molar-refractivity contribution in [3.63, 3.8) is 0 Å². The second-order valence-electron chi connectivity index (χ2n) is 5.75. The van der Waals surface area contributed by atoms with E-state index in [0.717, 1.165) is 6.42 Å². The third-order valence-corrected chi connectivity index (χ3v) is 3.34. The molecule has 1 amide bonds. The van der Waals surface area contributed by atoms with E-state index in [1.807, 2.05) is 0 Å². The first-order valence-electron chi connectivity index (χ1n) is 6.33. The van der Waals surface area contributed by atoms with Crippen molar-refractivity contribution in [1.82, 2.24) is 4.90 Å². The number of likely N-dealkylation sites (N-methyl/N-ethyl adjacent to an activating group) is 1. The van der Waals surface area contributed by atoms with Crippen molar-refractivity contribution < 1.29 is 14.7 Å². The molecule has 0 aliphatic carbocycles. The minimum atomic E-state index is -1.19. The number of aliphatic carboxylic acids is 1. The van der Waals surface area contributed by atoms with E-state index in [9.17, 15) is 9.59 Å². The molecule has 1 unspecified atom stereocenters. The van der Waals surface area contributed by atoms with Crippen LogP contribution in [-0.4, -0.2) is 41.0 Å². The molecule has 5 heteroatoms. The van der Waals surface area contributed by atoms with E-state index < -0.39 is 11.5 Å². The van der Waals surface area contributed by atoms with Crippen LogP contribution < -0.4 is 5.73 Å². The largest absolute Gasteiger partial charge is 0.480 e. The molecule has 0 aliphatic rings. The Bertz CT molecular complexity index is 301. The van der Waals surface area contributed by atoms with Crippen molar-refractivity contribution in [2.24, 2.45) is 17.6 Å². The molecule has 0 rings (SSSR count). The standard InChI is InChI=1S/C13H26N2O3/c1-9(2)6-10(8-14)7-11(16)15(5)13(3,4)12(17)18/h9-10H,6-8,14H2,1-5H3,(H,17,18). The van der Waals surface area contributed by atoms with E-state index >= 15 is 0 Å².